The summed E-state index contributed by atoms with van der Waals surface area (Å²) in [5.41, 5.74) is 6.17. The Morgan fingerprint density at radius 1 is 0.970 bits per heavy atom. The van der Waals surface area contributed by atoms with Crippen LogP contribution in [0, 0.1) is 0 Å². The molecule has 172 valence electrons. The zero-order chi connectivity index (χ0) is 23.2. The number of fused-ring (bicyclic) bond motifs is 1. The second-order valence-electron chi connectivity index (χ2n) is 8.68. The van der Waals surface area contributed by atoms with E-state index in [-0.39, 0.29) is 12.1 Å². The predicted octanol–water partition coefficient (Wildman–Crippen LogP) is 5.00. The van der Waals surface area contributed by atoms with Crippen LogP contribution in [-0.2, 0) is 19.5 Å². The lowest BCUT2D eigenvalue weighted by molar-refractivity contribution is 0.174. The summed E-state index contributed by atoms with van der Waals surface area (Å²) >= 11 is 5.94. The van der Waals surface area contributed by atoms with Gasteiger partial charge in [0, 0.05) is 51.0 Å². The first-order chi connectivity index (χ1) is 16.0. The van der Waals surface area contributed by atoms with Crippen molar-refractivity contribution in [1.29, 1.82) is 0 Å². The Kier molecular flexibility index (Phi) is 7.53. The molecule has 0 saturated carbocycles. The fraction of sp³-hybridized carbons (Fsp3) is 0.296. The van der Waals surface area contributed by atoms with Crippen LogP contribution in [-0.4, -0.2) is 38.1 Å². The van der Waals surface area contributed by atoms with Gasteiger partial charge in [0.25, 0.3) is 0 Å². The topological polar surface area (TPSA) is 47.6 Å². The van der Waals surface area contributed by atoms with Crippen LogP contribution in [0.1, 0.15) is 28.3 Å². The van der Waals surface area contributed by atoms with Crippen LogP contribution in [0.15, 0.2) is 72.8 Å². The lowest BCUT2D eigenvalue weighted by atomic mass is 9.96. The van der Waals surface area contributed by atoms with Crippen molar-refractivity contribution in [3.63, 3.8) is 0 Å². The minimum absolute atomic E-state index is 0.0934. The maximum absolute atomic E-state index is 12.6. The normalized spacial score (nSPS) is 14.3. The Bertz CT molecular complexity index is 1070. The minimum atomic E-state index is -0.169. The van der Waals surface area contributed by atoms with E-state index in [2.05, 4.69) is 69.0 Å². The number of hydrogen-bond acceptors (Lipinski definition) is 3. The largest absolute Gasteiger partial charge is 0.378 e. The number of anilines is 1. The zero-order valence-electron chi connectivity index (χ0n) is 19.2. The van der Waals surface area contributed by atoms with Crippen LogP contribution in [0.3, 0.4) is 0 Å². The van der Waals surface area contributed by atoms with Crippen LogP contribution in [0.25, 0.3) is 0 Å². The molecule has 0 radical (unpaired) electrons. The predicted molar refractivity (Wildman–Crippen MR) is 136 cm³/mol. The van der Waals surface area contributed by atoms with Crippen molar-refractivity contribution in [1.82, 2.24) is 15.5 Å². The molecule has 1 heterocycles. The van der Waals surface area contributed by atoms with E-state index >= 15 is 0 Å². The number of rotatable bonds is 7. The number of hydrogen-bond donors (Lipinski definition) is 2. The maximum atomic E-state index is 12.6. The molecule has 0 aliphatic carbocycles. The molecule has 0 bridgehead atoms. The molecule has 6 heteroatoms. The molecule has 0 aromatic heterocycles. The summed E-state index contributed by atoms with van der Waals surface area (Å²) in [5, 5.41) is 6.73. The van der Waals surface area contributed by atoms with Crippen molar-refractivity contribution in [2.75, 3.05) is 32.1 Å². The number of carbonyl (C=O) groups is 1. The van der Waals surface area contributed by atoms with Gasteiger partial charge in [-0.15, -0.1) is 0 Å². The molecular formula is C27H31ClN4O. The van der Waals surface area contributed by atoms with Gasteiger partial charge in [0.1, 0.15) is 0 Å². The van der Waals surface area contributed by atoms with Gasteiger partial charge in [-0.05, 0) is 52.9 Å². The number of urea groups is 1. The van der Waals surface area contributed by atoms with E-state index in [4.69, 9.17) is 11.6 Å². The molecule has 33 heavy (non-hydrogen) atoms. The van der Waals surface area contributed by atoms with E-state index in [0.717, 1.165) is 30.8 Å². The van der Waals surface area contributed by atoms with Crippen molar-refractivity contribution >= 4 is 23.3 Å². The molecule has 5 nitrogen and oxygen atoms in total. The number of benzene rings is 3. The molecule has 0 fully saturated rings. The smallest absolute Gasteiger partial charge is 0.315 e. The van der Waals surface area contributed by atoms with Crippen molar-refractivity contribution < 1.29 is 4.79 Å². The quantitative estimate of drug-likeness (QED) is 0.519. The van der Waals surface area contributed by atoms with Gasteiger partial charge in [-0.1, -0.05) is 60.1 Å². The summed E-state index contributed by atoms with van der Waals surface area (Å²) < 4.78 is 0. The molecule has 2 amide bonds. The number of nitrogens with zero attached hydrogens (tertiary/aromatic N) is 2. The third kappa shape index (κ3) is 6.06. The Morgan fingerprint density at radius 3 is 2.36 bits per heavy atom. The molecule has 1 unspecified atom stereocenters. The van der Waals surface area contributed by atoms with E-state index in [0.29, 0.717) is 18.1 Å². The van der Waals surface area contributed by atoms with Gasteiger partial charge in [-0.3, -0.25) is 4.90 Å². The lowest BCUT2D eigenvalue weighted by Crippen LogP contribution is -2.43. The second-order valence-corrected chi connectivity index (χ2v) is 9.12. The SMILES string of the molecule is CN(C)c1ccc(C(CNC(=O)NCc2ccc(Cl)cc2)N2CCc3ccccc3C2)cc1. The summed E-state index contributed by atoms with van der Waals surface area (Å²) in [6.45, 7) is 2.84. The molecule has 0 spiro atoms. The minimum Gasteiger partial charge on any atom is -0.378 e. The fourth-order valence-electron chi connectivity index (χ4n) is 4.27. The van der Waals surface area contributed by atoms with E-state index in [1.165, 1.54) is 16.7 Å². The summed E-state index contributed by atoms with van der Waals surface area (Å²) in [5.74, 6) is 0. The van der Waals surface area contributed by atoms with Crippen LogP contribution >= 0.6 is 11.6 Å². The summed E-state index contributed by atoms with van der Waals surface area (Å²) in [6.07, 6.45) is 1.02. The standard InChI is InChI=1S/C27H31ClN4O/c1-31(2)25-13-9-22(10-14-25)26(32-16-15-21-5-3-4-6-23(21)19-32)18-30-27(33)29-17-20-7-11-24(28)12-8-20/h3-14,26H,15-19H2,1-2H3,(H2,29,30,33). The summed E-state index contributed by atoms with van der Waals surface area (Å²) in [6, 6.07) is 24.7. The molecule has 1 aliphatic rings. The third-order valence-corrected chi connectivity index (χ3v) is 6.47. The van der Waals surface area contributed by atoms with Crippen molar-refractivity contribution in [3.8, 4) is 0 Å². The van der Waals surface area contributed by atoms with Gasteiger partial charge < -0.3 is 15.5 Å². The number of carbonyl (C=O) groups excluding carboxylic acids is 1. The Hall–Kier alpha value is -3.02. The highest BCUT2D eigenvalue weighted by Crippen LogP contribution is 2.28. The molecule has 0 saturated heterocycles. The number of halogens is 1. The third-order valence-electron chi connectivity index (χ3n) is 6.22. The van der Waals surface area contributed by atoms with E-state index in [1.807, 2.05) is 38.4 Å². The number of amides is 2. The van der Waals surface area contributed by atoms with Gasteiger partial charge in [-0.2, -0.15) is 0 Å². The summed E-state index contributed by atoms with van der Waals surface area (Å²) in [4.78, 5) is 17.1. The van der Waals surface area contributed by atoms with Crippen LogP contribution < -0.4 is 15.5 Å². The van der Waals surface area contributed by atoms with Crippen molar-refractivity contribution in [2.24, 2.45) is 0 Å². The highest BCUT2D eigenvalue weighted by atomic mass is 35.5. The Labute approximate surface area is 201 Å². The van der Waals surface area contributed by atoms with Crippen LogP contribution in [0.2, 0.25) is 5.02 Å². The van der Waals surface area contributed by atoms with Crippen LogP contribution in [0.5, 0.6) is 0 Å². The van der Waals surface area contributed by atoms with Gasteiger partial charge in [-0.25, -0.2) is 4.79 Å². The maximum Gasteiger partial charge on any atom is 0.315 e. The van der Waals surface area contributed by atoms with Crippen molar-refractivity contribution in [2.45, 2.75) is 25.6 Å². The first-order valence-electron chi connectivity index (χ1n) is 11.3. The average Bonchev–Trinajstić information content (AvgIpc) is 2.84. The molecular weight excluding hydrogens is 432 g/mol. The van der Waals surface area contributed by atoms with E-state index in [9.17, 15) is 4.79 Å². The Morgan fingerprint density at radius 2 is 1.67 bits per heavy atom. The van der Waals surface area contributed by atoms with Gasteiger partial charge in [0.15, 0.2) is 0 Å². The molecule has 4 rings (SSSR count). The first kappa shape index (κ1) is 23.1. The second kappa shape index (κ2) is 10.7. The first-order valence-corrected chi connectivity index (χ1v) is 11.7. The molecule has 3 aromatic rings. The highest BCUT2D eigenvalue weighted by Gasteiger charge is 2.25. The highest BCUT2D eigenvalue weighted by molar-refractivity contribution is 6.30. The number of nitrogens with one attached hydrogen (secondary N) is 2. The van der Waals surface area contributed by atoms with E-state index < -0.39 is 0 Å². The van der Waals surface area contributed by atoms with E-state index in [1.54, 1.807) is 0 Å². The average molecular weight is 463 g/mol. The monoisotopic (exact) mass is 462 g/mol. The lowest BCUT2D eigenvalue weighted by Gasteiger charge is -2.36. The fourth-order valence-corrected chi connectivity index (χ4v) is 4.40. The summed E-state index contributed by atoms with van der Waals surface area (Å²) in [7, 11) is 4.08. The van der Waals surface area contributed by atoms with Gasteiger partial charge in [0.2, 0.25) is 0 Å². The van der Waals surface area contributed by atoms with Crippen LogP contribution in [0.4, 0.5) is 10.5 Å². The van der Waals surface area contributed by atoms with Gasteiger partial charge in [0.05, 0.1) is 6.04 Å². The molecule has 1 atom stereocenters. The van der Waals surface area contributed by atoms with Crippen molar-refractivity contribution in [3.05, 3.63) is 100 Å². The van der Waals surface area contributed by atoms with Gasteiger partial charge >= 0.3 is 6.03 Å². The molecule has 3 aromatic carbocycles. The Balaban J connectivity index is 1.44. The zero-order valence-corrected chi connectivity index (χ0v) is 20.0. The molecule has 1 aliphatic heterocycles. The molecule has 2 N–H and O–H groups in total.